The molecule has 1 aliphatic rings. The van der Waals surface area contributed by atoms with E-state index in [2.05, 4.69) is 0 Å². The molecule has 1 unspecified atom stereocenters. The van der Waals surface area contributed by atoms with Crippen LogP contribution in [0.5, 0.6) is 0 Å². The van der Waals surface area contributed by atoms with Crippen molar-refractivity contribution < 1.29 is 19.1 Å². The molecule has 0 radical (unpaired) electrons. The Bertz CT molecular complexity index is 493. The number of aryl methyl sites for hydroxylation is 1. The number of rotatable bonds is 4. The van der Waals surface area contributed by atoms with E-state index in [1.165, 1.54) is 4.90 Å². The molecule has 0 aliphatic carbocycles. The average molecular weight is 265 g/mol. The molecule has 1 saturated heterocycles. The quantitative estimate of drug-likeness (QED) is 0.906. The van der Waals surface area contributed by atoms with Crippen molar-refractivity contribution in [3.63, 3.8) is 0 Å². The van der Waals surface area contributed by atoms with Crippen LogP contribution in [0.1, 0.15) is 49.4 Å². The molecular formula is C14H19NO4. The van der Waals surface area contributed by atoms with E-state index in [1.807, 2.05) is 6.92 Å². The molecule has 1 fully saturated rings. The minimum atomic E-state index is -1.07. The van der Waals surface area contributed by atoms with Gasteiger partial charge in [-0.15, -0.1) is 0 Å². The molecule has 19 heavy (non-hydrogen) atoms. The summed E-state index contributed by atoms with van der Waals surface area (Å²) in [5, 5.41) is 9.46. The van der Waals surface area contributed by atoms with E-state index in [0.717, 1.165) is 5.76 Å². The van der Waals surface area contributed by atoms with Crippen LogP contribution in [0, 0.1) is 0 Å². The molecule has 104 valence electrons. The second-order valence-corrected chi connectivity index (χ2v) is 4.87. The van der Waals surface area contributed by atoms with Crippen LogP contribution >= 0.6 is 0 Å². The minimum Gasteiger partial charge on any atom is -0.479 e. The lowest BCUT2D eigenvalue weighted by Gasteiger charge is -2.33. The topological polar surface area (TPSA) is 70.8 Å². The Kier molecular flexibility index (Phi) is 3.64. The number of carbonyl (C=O) groups is 2. The normalized spacial score (nSPS) is 22.7. The molecule has 1 atom stereocenters. The summed E-state index contributed by atoms with van der Waals surface area (Å²) in [6, 6.07) is 3.39. The Morgan fingerprint density at radius 3 is 2.68 bits per heavy atom. The molecule has 1 aliphatic heterocycles. The highest BCUT2D eigenvalue weighted by atomic mass is 16.4. The molecule has 0 aromatic carbocycles. The van der Waals surface area contributed by atoms with Crippen molar-refractivity contribution >= 4 is 11.9 Å². The summed E-state index contributed by atoms with van der Waals surface area (Å²) in [7, 11) is 0. The first-order chi connectivity index (χ1) is 9.05. The monoisotopic (exact) mass is 265 g/mol. The first kappa shape index (κ1) is 13.6. The molecule has 1 N–H and O–H groups in total. The third-order valence-corrected chi connectivity index (χ3v) is 3.94. The van der Waals surface area contributed by atoms with Crippen molar-refractivity contribution in [2.24, 2.45) is 0 Å². The molecule has 5 nitrogen and oxygen atoms in total. The summed E-state index contributed by atoms with van der Waals surface area (Å²) in [5.74, 6) is -0.276. The number of carboxylic acids is 1. The molecule has 2 heterocycles. The minimum absolute atomic E-state index is 0.234. The van der Waals surface area contributed by atoms with E-state index < -0.39 is 11.5 Å². The molecule has 5 heteroatoms. The molecule has 0 saturated carbocycles. The van der Waals surface area contributed by atoms with E-state index >= 15 is 0 Å². The number of aliphatic carboxylic acids is 1. The third kappa shape index (κ3) is 2.13. The van der Waals surface area contributed by atoms with Gasteiger partial charge in [0.25, 0.3) is 5.91 Å². The maximum Gasteiger partial charge on any atom is 0.329 e. The van der Waals surface area contributed by atoms with Crippen molar-refractivity contribution in [3.8, 4) is 0 Å². The van der Waals surface area contributed by atoms with Crippen LogP contribution in [-0.2, 0) is 11.2 Å². The summed E-state index contributed by atoms with van der Waals surface area (Å²) in [4.78, 5) is 25.4. The second-order valence-electron chi connectivity index (χ2n) is 4.87. The lowest BCUT2D eigenvalue weighted by Crippen LogP contribution is -2.52. The van der Waals surface area contributed by atoms with Crippen LogP contribution < -0.4 is 0 Å². The Morgan fingerprint density at radius 2 is 2.16 bits per heavy atom. The van der Waals surface area contributed by atoms with Crippen molar-refractivity contribution in [3.05, 3.63) is 23.7 Å². The molecule has 1 amide bonds. The number of carboxylic acid groups (broad SMARTS) is 1. The zero-order chi connectivity index (χ0) is 14.0. The third-order valence-electron chi connectivity index (χ3n) is 3.94. The van der Waals surface area contributed by atoms with E-state index in [4.69, 9.17) is 4.42 Å². The summed E-state index contributed by atoms with van der Waals surface area (Å²) in [6.45, 7) is 4.22. The summed E-state index contributed by atoms with van der Waals surface area (Å²) in [5.41, 5.74) is -1.07. The van der Waals surface area contributed by atoms with Gasteiger partial charge in [-0.05, 0) is 31.4 Å². The Labute approximate surface area is 112 Å². The van der Waals surface area contributed by atoms with Crippen LogP contribution in [0.3, 0.4) is 0 Å². The summed E-state index contributed by atoms with van der Waals surface area (Å²) in [6.07, 6.45) is 2.35. The highest BCUT2D eigenvalue weighted by Crippen LogP contribution is 2.34. The van der Waals surface area contributed by atoms with Gasteiger partial charge in [-0.3, -0.25) is 4.79 Å². The van der Waals surface area contributed by atoms with Gasteiger partial charge in [0, 0.05) is 13.0 Å². The van der Waals surface area contributed by atoms with Crippen molar-refractivity contribution in [2.45, 2.75) is 45.1 Å². The largest absolute Gasteiger partial charge is 0.479 e. The predicted octanol–water partition coefficient (Wildman–Crippen LogP) is 2.31. The molecule has 2 rings (SSSR count). The Morgan fingerprint density at radius 1 is 1.42 bits per heavy atom. The molecular weight excluding hydrogens is 246 g/mol. The fourth-order valence-corrected chi connectivity index (χ4v) is 2.73. The molecule has 0 bridgehead atoms. The maximum absolute atomic E-state index is 12.4. The fraction of sp³-hybridized carbons (Fsp3) is 0.571. The number of hydrogen-bond acceptors (Lipinski definition) is 3. The summed E-state index contributed by atoms with van der Waals surface area (Å²) < 4.78 is 5.44. The first-order valence-corrected chi connectivity index (χ1v) is 6.69. The summed E-state index contributed by atoms with van der Waals surface area (Å²) >= 11 is 0. The van der Waals surface area contributed by atoms with Crippen LogP contribution in [0.4, 0.5) is 0 Å². The van der Waals surface area contributed by atoms with E-state index in [0.29, 0.717) is 32.2 Å². The Balaban J connectivity index is 2.29. The molecule has 0 spiro atoms. The number of amides is 1. The lowest BCUT2D eigenvalue weighted by atomic mass is 9.93. The van der Waals surface area contributed by atoms with Crippen LogP contribution in [0.25, 0.3) is 0 Å². The van der Waals surface area contributed by atoms with Gasteiger partial charge in [-0.2, -0.15) is 0 Å². The molecule has 1 aromatic heterocycles. The van der Waals surface area contributed by atoms with E-state index in [-0.39, 0.29) is 11.7 Å². The Hall–Kier alpha value is -1.78. The van der Waals surface area contributed by atoms with Gasteiger partial charge in [0.15, 0.2) is 5.76 Å². The van der Waals surface area contributed by atoms with Gasteiger partial charge >= 0.3 is 5.97 Å². The SMILES string of the molecule is CCc1ccc(C(=O)N2CCCC2(CC)C(=O)O)o1. The van der Waals surface area contributed by atoms with Crippen molar-refractivity contribution in [1.29, 1.82) is 0 Å². The van der Waals surface area contributed by atoms with Crippen LogP contribution in [-0.4, -0.2) is 34.0 Å². The number of furan rings is 1. The standard InChI is InChI=1S/C14H19NO4/c1-3-10-6-7-11(19-10)12(16)15-9-5-8-14(15,4-2)13(17)18/h6-7H,3-5,8-9H2,1-2H3,(H,17,18). The zero-order valence-corrected chi connectivity index (χ0v) is 11.3. The van der Waals surface area contributed by atoms with Crippen LogP contribution in [0.2, 0.25) is 0 Å². The number of hydrogen-bond donors (Lipinski definition) is 1. The van der Waals surface area contributed by atoms with Gasteiger partial charge in [-0.1, -0.05) is 13.8 Å². The van der Waals surface area contributed by atoms with Crippen LogP contribution in [0.15, 0.2) is 16.5 Å². The first-order valence-electron chi connectivity index (χ1n) is 6.69. The molecule has 1 aromatic rings. The second kappa shape index (κ2) is 5.07. The van der Waals surface area contributed by atoms with Gasteiger partial charge in [0.05, 0.1) is 0 Å². The highest BCUT2D eigenvalue weighted by Gasteiger charge is 2.49. The van der Waals surface area contributed by atoms with Gasteiger partial charge in [0.1, 0.15) is 11.3 Å². The maximum atomic E-state index is 12.4. The average Bonchev–Trinajstić information content (AvgIpc) is 3.04. The van der Waals surface area contributed by atoms with Gasteiger partial charge in [-0.25, -0.2) is 4.79 Å². The zero-order valence-electron chi connectivity index (χ0n) is 11.3. The van der Waals surface area contributed by atoms with Crippen molar-refractivity contribution in [2.75, 3.05) is 6.54 Å². The van der Waals surface area contributed by atoms with E-state index in [1.54, 1.807) is 19.1 Å². The predicted molar refractivity (Wildman–Crippen MR) is 69.0 cm³/mol. The highest BCUT2D eigenvalue weighted by molar-refractivity contribution is 5.96. The lowest BCUT2D eigenvalue weighted by molar-refractivity contribution is -0.148. The van der Waals surface area contributed by atoms with E-state index in [9.17, 15) is 14.7 Å². The van der Waals surface area contributed by atoms with Gasteiger partial charge < -0.3 is 14.4 Å². The smallest absolute Gasteiger partial charge is 0.329 e. The number of carbonyl (C=O) groups excluding carboxylic acids is 1. The number of likely N-dealkylation sites (tertiary alicyclic amines) is 1. The van der Waals surface area contributed by atoms with Gasteiger partial charge in [0.2, 0.25) is 0 Å². The number of nitrogens with zero attached hydrogens (tertiary/aromatic N) is 1. The fourth-order valence-electron chi connectivity index (χ4n) is 2.73. The van der Waals surface area contributed by atoms with Crippen molar-refractivity contribution in [1.82, 2.24) is 4.90 Å².